The summed E-state index contributed by atoms with van der Waals surface area (Å²) in [5.74, 6) is -4.18. The molecule has 0 spiro atoms. The van der Waals surface area contributed by atoms with Crippen molar-refractivity contribution in [1.82, 2.24) is 5.32 Å². The molecule has 0 saturated carbocycles. The van der Waals surface area contributed by atoms with E-state index in [-0.39, 0.29) is 5.39 Å². The first-order chi connectivity index (χ1) is 11.9. The number of piperazine rings is 1. The Kier molecular flexibility index (Phi) is 6.07. The molecular formula is C16H16F2N2O5. The molecule has 9 heteroatoms. The molecule has 3 N–H and O–H groups in total. The van der Waals surface area contributed by atoms with E-state index in [1.807, 2.05) is 4.90 Å². The van der Waals surface area contributed by atoms with E-state index in [0.717, 1.165) is 26.2 Å². The third-order valence-electron chi connectivity index (χ3n) is 3.43. The number of aliphatic carboxylic acids is 2. The van der Waals surface area contributed by atoms with Gasteiger partial charge in [-0.1, -0.05) is 0 Å². The van der Waals surface area contributed by atoms with Crippen LogP contribution >= 0.6 is 0 Å². The summed E-state index contributed by atoms with van der Waals surface area (Å²) in [7, 11) is 0. The van der Waals surface area contributed by atoms with E-state index in [2.05, 4.69) is 5.32 Å². The largest absolute Gasteiger partial charge is 0.478 e. The maximum Gasteiger partial charge on any atom is 0.328 e. The summed E-state index contributed by atoms with van der Waals surface area (Å²) >= 11 is 0. The van der Waals surface area contributed by atoms with Crippen molar-refractivity contribution in [2.75, 3.05) is 31.1 Å². The van der Waals surface area contributed by atoms with Gasteiger partial charge in [-0.15, -0.1) is 0 Å². The molecule has 1 aromatic heterocycles. The van der Waals surface area contributed by atoms with Crippen molar-refractivity contribution in [3.05, 3.63) is 42.2 Å². The average Bonchev–Trinajstić information content (AvgIpc) is 3.07. The number of halogens is 2. The van der Waals surface area contributed by atoms with Crippen LogP contribution in [0, 0.1) is 11.6 Å². The number of rotatable bonds is 3. The third-order valence-corrected chi connectivity index (χ3v) is 3.43. The molecule has 1 aliphatic rings. The Morgan fingerprint density at radius 3 is 2.32 bits per heavy atom. The van der Waals surface area contributed by atoms with Gasteiger partial charge in [-0.2, -0.15) is 0 Å². The van der Waals surface area contributed by atoms with Gasteiger partial charge in [0.25, 0.3) is 0 Å². The molecule has 0 bridgehead atoms. The molecule has 1 saturated heterocycles. The predicted octanol–water partition coefficient (Wildman–Crippen LogP) is 1.83. The van der Waals surface area contributed by atoms with E-state index in [0.29, 0.717) is 23.4 Å². The quantitative estimate of drug-likeness (QED) is 0.723. The molecule has 0 atom stereocenters. The summed E-state index contributed by atoms with van der Waals surface area (Å²) < 4.78 is 32.3. The standard InChI is InChI=1S/C12H12F2N2O.C4H4O4/c13-9-7-10(16-4-2-15-3-5-16)12-8(11(9)14)1-6-17-12;5-3(6)1-2-4(7)8/h1,6-7,15H,2-5H2;1-2H,(H,5,6)(H,7,8). The van der Waals surface area contributed by atoms with Crippen molar-refractivity contribution in [3.8, 4) is 0 Å². The van der Waals surface area contributed by atoms with Crippen LogP contribution in [0.15, 0.2) is 35.0 Å². The molecule has 0 amide bonds. The van der Waals surface area contributed by atoms with Crippen molar-refractivity contribution in [3.63, 3.8) is 0 Å². The number of hydrogen-bond donors (Lipinski definition) is 3. The van der Waals surface area contributed by atoms with E-state index in [1.54, 1.807) is 0 Å². The van der Waals surface area contributed by atoms with Crippen LogP contribution in [0.2, 0.25) is 0 Å². The zero-order valence-electron chi connectivity index (χ0n) is 13.0. The Morgan fingerprint density at radius 1 is 1.16 bits per heavy atom. The first kappa shape index (κ1) is 18.4. The Labute approximate surface area is 141 Å². The fraction of sp³-hybridized carbons (Fsp3) is 0.250. The van der Waals surface area contributed by atoms with Gasteiger partial charge in [0.1, 0.15) is 0 Å². The number of fused-ring (bicyclic) bond motifs is 1. The van der Waals surface area contributed by atoms with Crippen LogP contribution in [0.4, 0.5) is 14.5 Å². The van der Waals surface area contributed by atoms with E-state index in [4.69, 9.17) is 14.6 Å². The van der Waals surface area contributed by atoms with Crippen molar-refractivity contribution in [1.29, 1.82) is 0 Å². The van der Waals surface area contributed by atoms with Gasteiger partial charge in [0.05, 0.1) is 17.3 Å². The molecular weight excluding hydrogens is 338 g/mol. The first-order valence-corrected chi connectivity index (χ1v) is 7.35. The average molecular weight is 354 g/mol. The third kappa shape index (κ3) is 4.77. The summed E-state index contributed by atoms with van der Waals surface area (Å²) in [6.45, 7) is 3.20. The van der Waals surface area contributed by atoms with Crippen LogP contribution in [0.5, 0.6) is 0 Å². The molecule has 1 fully saturated rings. The van der Waals surface area contributed by atoms with E-state index >= 15 is 0 Å². The molecule has 134 valence electrons. The van der Waals surface area contributed by atoms with Gasteiger partial charge < -0.3 is 24.8 Å². The first-order valence-electron chi connectivity index (χ1n) is 7.35. The lowest BCUT2D eigenvalue weighted by Gasteiger charge is -2.29. The monoisotopic (exact) mass is 354 g/mol. The van der Waals surface area contributed by atoms with Crippen molar-refractivity contribution >= 4 is 28.6 Å². The highest BCUT2D eigenvalue weighted by Crippen LogP contribution is 2.31. The molecule has 3 rings (SSSR count). The highest BCUT2D eigenvalue weighted by molar-refractivity contribution is 5.90. The zero-order valence-corrected chi connectivity index (χ0v) is 13.0. The fourth-order valence-corrected chi connectivity index (χ4v) is 2.34. The minimum absolute atomic E-state index is 0.207. The number of anilines is 1. The molecule has 0 unspecified atom stereocenters. The Balaban J connectivity index is 0.000000242. The summed E-state index contributed by atoms with van der Waals surface area (Å²) in [6, 6.07) is 2.67. The molecule has 25 heavy (non-hydrogen) atoms. The smallest absolute Gasteiger partial charge is 0.328 e. The minimum Gasteiger partial charge on any atom is -0.478 e. The number of furan rings is 1. The summed E-state index contributed by atoms with van der Waals surface area (Å²) in [6.07, 6.45) is 2.50. The molecule has 7 nitrogen and oxygen atoms in total. The van der Waals surface area contributed by atoms with Gasteiger partial charge in [-0.05, 0) is 6.07 Å². The second-order valence-corrected chi connectivity index (χ2v) is 5.10. The number of carbonyl (C=O) groups is 2. The lowest BCUT2D eigenvalue weighted by molar-refractivity contribution is -0.134. The fourth-order valence-electron chi connectivity index (χ4n) is 2.34. The van der Waals surface area contributed by atoms with E-state index < -0.39 is 23.6 Å². The molecule has 1 aromatic carbocycles. The second-order valence-electron chi connectivity index (χ2n) is 5.10. The van der Waals surface area contributed by atoms with Crippen LogP contribution in [0.1, 0.15) is 0 Å². The number of nitrogens with one attached hydrogen (secondary N) is 1. The number of hydrogen-bond acceptors (Lipinski definition) is 5. The Bertz CT molecular complexity index is 781. The lowest BCUT2D eigenvalue weighted by Crippen LogP contribution is -2.43. The van der Waals surface area contributed by atoms with Crippen LogP contribution < -0.4 is 10.2 Å². The van der Waals surface area contributed by atoms with E-state index in [9.17, 15) is 18.4 Å². The highest BCUT2D eigenvalue weighted by atomic mass is 19.2. The van der Waals surface area contributed by atoms with Crippen LogP contribution in [0.3, 0.4) is 0 Å². The number of carboxylic acid groups (broad SMARTS) is 2. The van der Waals surface area contributed by atoms with Crippen LogP contribution in [0.25, 0.3) is 11.0 Å². The summed E-state index contributed by atoms with van der Waals surface area (Å²) in [5, 5.41) is 19.0. The van der Waals surface area contributed by atoms with Crippen molar-refractivity contribution < 1.29 is 33.0 Å². The topological polar surface area (TPSA) is 103 Å². The Morgan fingerprint density at radius 2 is 1.76 bits per heavy atom. The highest BCUT2D eigenvalue weighted by Gasteiger charge is 2.20. The van der Waals surface area contributed by atoms with Crippen molar-refractivity contribution in [2.45, 2.75) is 0 Å². The maximum absolute atomic E-state index is 13.5. The number of benzene rings is 1. The normalized spacial score (nSPS) is 14.4. The van der Waals surface area contributed by atoms with E-state index in [1.165, 1.54) is 18.4 Å². The molecule has 0 aliphatic carbocycles. The van der Waals surface area contributed by atoms with Gasteiger partial charge in [0.15, 0.2) is 17.2 Å². The molecule has 2 heterocycles. The minimum atomic E-state index is -1.26. The second kappa shape index (κ2) is 8.25. The zero-order chi connectivity index (χ0) is 18.4. The molecule has 1 aliphatic heterocycles. The van der Waals surface area contributed by atoms with Gasteiger partial charge >= 0.3 is 11.9 Å². The number of carboxylic acids is 2. The van der Waals surface area contributed by atoms with Gasteiger partial charge in [-0.3, -0.25) is 0 Å². The molecule has 0 radical (unpaired) electrons. The van der Waals surface area contributed by atoms with Crippen LogP contribution in [-0.4, -0.2) is 48.3 Å². The lowest BCUT2D eigenvalue weighted by atomic mass is 10.2. The maximum atomic E-state index is 13.5. The summed E-state index contributed by atoms with van der Waals surface area (Å²) in [5.41, 5.74) is 1.05. The predicted molar refractivity (Wildman–Crippen MR) is 85.6 cm³/mol. The Hall–Kier alpha value is -2.94. The van der Waals surface area contributed by atoms with Crippen LogP contribution in [-0.2, 0) is 9.59 Å². The molecule has 2 aromatic rings. The van der Waals surface area contributed by atoms with Gasteiger partial charge in [0, 0.05) is 44.4 Å². The number of nitrogens with zero attached hydrogens (tertiary/aromatic N) is 1. The van der Waals surface area contributed by atoms with Crippen molar-refractivity contribution in [2.24, 2.45) is 0 Å². The van der Waals surface area contributed by atoms with Gasteiger partial charge in [0.2, 0.25) is 0 Å². The SMILES string of the molecule is Fc1cc(N2CCNCC2)c2occc2c1F.O=C(O)C=CC(=O)O. The van der Waals surface area contributed by atoms with Gasteiger partial charge in [-0.25, -0.2) is 18.4 Å². The summed E-state index contributed by atoms with van der Waals surface area (Å²) in [4.78, 5) is 21.1.